The van der Waals surface area contributed by atoms with Gasteiger partial charge in [0.15, 0.2) is 5.76 Å². The second-order valence-corrected chi connectivity index (χ2v) is 6.23. The van der Waals surface area contributed by atoms with Gasteiger partial charge in [-0.2, -0.15) is 0 Å². The molecular weight excluding hydrogens is 346 g/mol. The summed E-state index contributed by atoms with van der Waals surface area (Å²) in [7, 11) is 1.57. The van der Waals surface area contributed by atoms with Crippen LogP contribution in [0.4, 0.5) is 0 Å². The molecule has 6 nitrogen and oxygen atoms in total. The molecule has 6 heteroatoms. The minimum atomic E-state index is -0.759. The second-order valence-electron chi connectivity index (χ2n) is 6.23. The molecule has 0 bridgehead atoms. The zero-order valence-electron chi connectivity index (χ0n) is 15.2. The van der Waals surface area contributed by atoms with E-state index in [9.17, 15) is 9.59 Å². The number of methoxy groups -OCH3 is 1. The zero-order chi connectivity index (χ0) is 19.2. The summed E-state index contributed by atoms with van der Waals surface area (Å²) in [5, 5.41) is 3.36. The van der Waals surface area contributed by atoms with Crippen LogP contribution in [0, 0.1) is 6.92 Å². The monoisotopic (exact) mass is 367 g/mol. The van der Waals surface area contributed by atoms with Crippen molar-refractivity contribution in [3.63, 3.8) is 0 Å². The maximum atomic E-state index is 12.4. The molecule has 140 valence electrons. The van der Waals surface area contributed by atoms with Crippen molar-refractivity contribution in [3.8, 4) is 5.75 Å². The molecule has 3 aromatic rings. The summed E-state index contributed by atoms with van der Waals surface area (Å²) in [6, 6.07) is 14.0. The number of carbonyl (C=O) groups is 2. The first kappa shape index (κ1) is 18.7. The molecule has 1 unspecified atom stereocenters. The summed E-state index contributed by atoms with van der Waals surface area (Å²) in [5.74, 6) is 0.329. The van der Waals surface area contributed by atoms with Crippen LogP contribution in [0.1, 0.15) is 21.7 Å². The van der Waals surface area contributed by atoms with Crippen LogP contribution in [-0.4, -0.2) is 32.0 Å². The van der Waals surface area contributed by atoms with Crippen LogP contribution < -0.4 is 10.1 Å². The van der Waals surface area contributed by atoms with Gasteiger partial charge in [-0.05, 0) is 36.8 Å². The number of nitrogens with one attached hydrogen (secondary N) is 1. The van der Waals surface area contributed by atoms with Crippen molar-refractivity contribution in [2.45, 2.75) is 19.6 Å². The lowest BCUT2D eigenvalue weighted by Crippen LogP contribution is -2.39. The van der Waals surface area contributed by atoms with E-state index in [1.165, 1.54) is 5.56 Å². The molecule has 1 aromatic heterocycles. The van der Waals surface area contributed by atoms with Crippen LogP contribution >= 0.6 is 0 Å². The number of hydrogen-bond acceptors (Lipinski definition) is 5. The van der Waals surface area contributed by atoms with Crippen LogP contribution in [0.2, 0.25) is 0 Å². The highest BCUT2D eigenvalue weighted by molar-refractivity contribution is 5.97. The Morgan fingerprint density at radius 3 is 2.67 bits per heavy atom. The van der Waals surface area contributed by atoms with Crippen molar-refractivity contribution >= 4 is 23.2 Å². The van der Waals surface area contributed by atoms with Crippen LogP contribution in [0.15, 0.2) is 52.9 Å². The number of hydrogen-bond donors (Lipinski definition) is 1. The quantitative estimate of drug-likeness (QED) is 0.618. The third kappa shape index (κ3) is 4.74. The maximum absolute atomic E-state index is 12.4. The van der Waals surface area contributed by atoms with E-state index < -0.39 is 11.9 Å². The van der Waals surface area contributed by atoms with Crippen LogP contribution in [-0.2, 0) is 16.1 Å². The van der Waals surface area contributed by atoms with Crippen molar-refractivity contribution < 1.29 is 23.5 Å². The van der Waals surface area contributed by atoms with Crippen LogP contribution in [0.25, 0.3) is 11.0 Å². The molecule has 27 heavy (non-hydrogen) atoms. The minimum absolute atomic E-state index is 0.0805. The van der Waals surface area contributed by atoms with E-state index >= 15 is 0 Å². The molecule has 0 aliphatic carbocycles. The van der Waals surface area contributed by atoms with E-state index in [4.69, 9.17) is 13.9 Å². The summed E-state index contributed by atoms with van der Waals surface area (Å²) in [6.45, 7) is 2.46. The molecule has 0 radical (unpaired) electrons. The third-order valence-electron chi connectivity index (χ3n) is 4.11. The summed E-state index contributed by atoms with van der Waals surface area (Å²) >= 11 is 0. The van der Waals surface area contributed by atoms with Gasteiger partial charge in [-0.1, -0.05) is 29.8 Å². The van der Waals surface area contributed by atoms with Gasteiger partial charge in [-0.25, -0.2) is 0 Å². The average Bonchev–Trinajstić information content (AvgIpc) is 3.12. The fourth-order valence-corrected chi connectivity index (χ4v) is 2.60. The molecule has 2 aromatic carbocycles. The summed E-state index contributed by atoms with van der Waals surface area (Å²) in [5.41, 5.74) is 2.74. The Hall–Kier alpha value is -3.12. The standard InChI is InChI=1S/C21H21NO5/c1-14-3-5-15(6-4-14)12-26-13-17(11-23)22-21(24)20-10-16-9-18(25-2)7-8-19(16)27-20/h3-11,17H,12-13H2,1-2H3,(H,22,24). The van der Waals surface area contributed by atoms with Crippen molar-refractivity contribution in [1.82, 2.24) is 5.32 Å². The minimum Gasteiger partial charge on any atom is -0.497 e. The van der Waals surface area contributed by atoms with Crippen LogP contribution in [0.5, 0.6) is 5.75 Å². The smallest absolute Gasteiger partial charge is 0.287 e. The lowest BCUT2D eigenvalue weighted by atomic mass is 10.2. The van der Waals surface area contributed by atoms with Crippen molar-refractivity contribution in [1.29, 1.82) is 0 Å². The maximum Gasteiger partial charge on any atom is 0.287 e. The number of aryl methyl sites for hydroxylation is 1. The number of ether oxygens (including phenoxy) is 2. The third-order valence-corrected chi connectivity index (χ3v) is 4.11. The largest absolute Gasteiger partial charge is 0.497 e. The Bertz CT molecular complexity index is 929. The van der Waals surface area contributed by atoms with Gasteiger partial charge in [0.1, 0.15) is 23.7 Å². The predicted molar refractivity (Wildman–Crippen MR) is 101 cm³/mol. The van der Waals surface area contributed by atoms with Gasteiger partial charge < -0.3 is 24.0 Å². The van der Waals surface area contributed by atoms with Crippen molar-refractivity contribution in [2.24, 2.45) is 0 Å². The van der Waals surface area contributed by atoms with Crippen molar-refractivity contribution in [2.75, 3.05) is 13.7 Å². The molecule has 0 fully saturated rings. The first-order chi connectivity index (χ1) is 13.1. The van der Waals surface area contributed by atoms with E-state index in [2.05, 4.69) is 5.32 Å². The lowest BCUT2D eigenvalue weighted by molar-refractivity contribution is -0.110. The van der Waals surface area contributed by atoms with Gasteiger partial charge in [0.25, 0.3) is 5.91 Å². The van der Waals surface area contributed by atoms with E-state index in [1.54, 1.807) is 31.4 Å². The summed E-state index contributed by atoms with van der Waals surface area (Å²) in [4.78, 5) is 23.6. The van der Waals surface area contributed by atoms with Crippen LogP contribution in [0.3, 0.4) is 0 Å². The summed E-state index contributed by atoms with van der Waals surface area (Å²) in [6.07, 6.45) is 0.652. The first-order valence-corrected chi connectivity index (χ1v) is 8.56. The Balaban J connectivity index is 1.57. The number of rotatable bonds is 8. The number of amides is 1. The van der Waals surface area contributed by atoms with E-state index in [0.29, 0.717) is 24.2 Å². The zero-order valence-corrected chi connectivity index (χ0v) is 15.2. The molecule has 0 saturated carbocycles. The second kappa shape index (κ2) is 8.51. The van der Waals surface area contributed by atoms with Gasteiger partial charge in [-0.3, -0.25) is 4.79 Å². The SMILES string of the molecule is COc1ccc2oc(C(=O)NC(C=O)COCc3ccc(C)cc3)cc2c1. The van der Waals surface area contributed by atoms with Gasteiger partial charge >= 0.3 is 0 Å². The van der Waals surface area contributed by atoms with Gasteiger partial charge in [0, 0.05) is 5.39 Å². The lowest BCUT2D eigenvalue weighted by Gasteiger charge is -2.12. The average molecular weight is 367 g/mol. The molecular formula is C21H21NO5. The van der Waals surface area contributed by atoms with E-state index in [-0.39, 0.29) is 12.4 Å². The Morgan fingerprint density at radius 1 is 1.19 bits per heavy atom. The highest BCUT2D eigenvalue weighted by Gasteiger charge is 2.17. The van der Waals surface area contributed by atoms with E-state index in [1.807, 2.05) is 31.2 Å². The predicted octanol–water partition coefficient (Wildman–Crippen LogP) is 3.26. The number of furan rings is 1. The molecule has 1 atom stereocenters. The molecule has 1 amide bonds. The fraction of sp³-hybridized carbons (Fsp3) is 0.238. The highest BCUT2D eigenvalue weighted by Crippen LogP contribution is 2.24. The van der Waals surface area contributed by atoms with Crippen molar-refractivity contribution in [3.05, 3.63) is 65.4 Å². The molecule has 3 rings (SSSR count). The highest BCUT2D eigenvalue weighted by atomic mass is 16.5. The molecule has 1 heterocycles. The number of carbonyl (C=O) groups excluding carboxylic acids is 2. The number of fused-ring (bicyclic) bond motifs is 1. The van der Waals surface area contributed by atoms with E-state index in [0.717, 1.165) is 10.9 Å². The van der Waals surface area contributed by atoms with Gasteiger partial charge in [-0.15, -0.1) is 0 Å². The van der Waals surface area contributed by atoms with Gasteiger partial charge in [0.05, 0.1) is 20.3 Å². The fourth-order valence-electron chi connectivity index (χ4n) is 2.60. The molecule has 0 spiro atoms. The first-order valence-electron chi connectivity index (χ1n) is 8.56. The molecule has 0 saturated heterocycles. The number of benzene rings is 2. The van der Waals surface area contributed by atoms with Gasteiger partial charge in [0.2, 0.25) is 0 Å². The molecule has 0 aliphatic rings. The topological polar surface area (TPSA) is 77.8 Å². The molecule has 0 aliphatic heterocycles. The molecule has 1 N–H and O–H groups in total. The Kier molecular flexibility index (Phi) is 5.88. The Morgan fingerprint density at radius 2 is 1.96 bits per heavy atom. The summed E-state index contributed by atoms with van der Waals surface area (Å²) < 4.78 is 16.2. The number of aldehydes is 1. The Labute approximate surface area is 157 Å². The normalized spacial score (nSPS) is 11.9.